The van der Waals surface area contributed by atoms with Gasteiger partial charge in [-0.3, -0.25) is 9.59 Å². The molecule has 0 bridgehead atoms. The lowest BCUT2D eigenvalue weighted by Crippen LogP contribution is -2.32. The number of hydrogen-bond acceptors (Lipinski definition) is 5. The number of amides is 1. The van der Waals surface area contributed by atoms with Crippen LogP contribution < -0.4 is 10.1 Å². The molecular weight excluding hydrogens is 260 g/mol. The third kappa shape index (κ3) is 2.89. The maximum Gasteiger partial charge on any atom is 0.306 e. The average molecular weight is 278 g/mol. The fourth-order valence-electron chi connectivity index (χ4n) is 2.43. The highest BCUT2D eigenvalue weighted by Gasteiger charge is 2.42. The summed E-state index contributed by atoms with van der Waals surface area (Å²) in [4.78, 5) is 27.5. The molecule has 0 aliphatic carbocycles. The molecular formula is C14H18N2O4. The van der Waals surface area contributed by atoms with Crippen molar-refractivity contribution in [3.63, 3.8) is 0 Å². The Balaban J connectivity index is 2.26. The lowest BCUT2D eigenvalue weighted by molar-refractivity contribution is -0.144. The van der Waals surface area contributed by atoms with Crippen molar-refractivity contribution in [2.24, 2.45) is 0 Å². The van der Waals surface area contributed by atoms with Gasteiger partial charge in [0.1, 0.15) is 0 Å². The van der Waals surface area contributed by atoms with Crippen LogP contribution in [0.2, 0.25) is 0 Å². The SMILES string of the molecule is CCOC(=O)CC1(c2ccc(OC)nc2)CNC(=O)C1. The normalized spacial score (nSPS) is 21.4. The summed E-state index contributed by atoms with van der Waals surface area (Å²) in [6, 6.07) is 3.57. The molecule has 2 rings (SSSR count). The van der Waals surface area contributed by atoms with Gasteiger partial charge in [0, 0.05) is 30.6 Å². The minimum absolute atomic E-state index is 0.0647. The van der Waals surface area contributed by atoms with Crippen LogP contribution in [-0.2, 0) is 19.7 Å². The van der Waals surface area contributed by atoms with Gasteiger partial charge in [-0.15, -0.1) is 0 Å². The Kier molecular flexibility index (Phi) is 4.22. The third-order valence-corrected chi connectivity index (χ3v) is 3.47. The van der Waals surface area contributed by atoms with Gasteiger partial charge in [0.15, 0.2) is 0 Å². The number of aromatic nitrogens is 1. The highest BCUT2D eigenvalue weighted by Crippen LogP contribution is 2.35. The van der Waals surface area contributed by atoms with Crippen molar-refractivity contribution in [3.8, 4) is 5.88 Å². The molecule has 0 aromatic carbocycles. The molecule has 0 spiro atoms. The van der Waals surface area contributed by atoms with E-state index >= 15 is 0 Å². The molecule has 20 heavy (non-hydrogen) atoms. The summed E-state index contributed by atoms with van der Waals surface area (Å²) < 4.78 is 10.0. The molecule has 2 heterocycles. The monoisotopic (exact) mass is 278 g/mol. The lowest BCUT2D eigenvalue weighted by Gasteiger charge is -2.26. The van der Waals surface area contributed by atoms with Gasteiger partial charge in [-0.2, -0.15) is 0 Å². The van der Waals surface area contributed by atoms with Gasteiger partial charge in [-0.05, 0) is 12.5 Å². The highest BCUT2D eigenvalue weighted by atomic mass is 16.5. The van der Waals surface area contributed by atoms with Crippen molar-refractivity contribution < 1.29 is 19.1 Å². The first-order chi connectivity index (χ1) is 9.59. The number of ether oxygens (including phenoxy) is 2. The van der Waals surface area contributed by atoms with Crippen LogP contribution in [-0.4, -0.2) is 37.1 Å². The molecule has 1 aromatic heterocycles. The number of methoxy groups -OCH3 is 1. The predicted molar refractivity (Wildman–Crippen MR) is 71.3 cm³/mol. The van der Waals surface area contributed by atoms with Gasteiger partial charge in [0.05, 0.1) is 20.1 Å². The zero-order chi connectivity index (χ0) is 14.6. The summed E-state index contributed by atoms with van der Waals surface area (Å²) in [6.45, 7) is 2.51. The summed E-state index contributed by atoms with van der Waals surface area (Å²) in [5, 5.41) is 2.78. The molecule has 1 amide bonds. The minimum Gasteiger partial charge on any atom is -0.481 e. The zero-order valence-corrected chi connectivity index (χ0v) is 11.6. The van der Waals surface area contributed by atoms with Crippen LogP contribution >= 0.6 is 0 Å². The van der Waals surface area contributed by atoms with Crippen LogP contribution in [0.3, 0.4) is 0 Å². The Morgan fingerprint density at radius 3 is 2.80 bits per heavy atom. The lowest BCUT2D eigenvalue weighted by atomic mass is 9.77. The average Bonchev–Trinajstić information content (AvgIpc) is 2.81. The van der Waals surface area contributed by atoms with E-state index in [1.165, 1.54) is 7.11 Å². The van der Waals surface area contributed by atoms with Gasteiger partial charge in [0.25, 0.3) is 0 Å². The third-order valence-electron chi connectivity index (χ3n) is 3.47. The van der Waals surface area contributed by atoms with Crippen LogP contribution in [0.15, 0.2) is 18.3 Å². The van der Waals surface area contributed by atoms with Gasteiger partial charge in [-0.1, -0.05) is 6.07 Å². The maximum absolute atomic E-state index is 11.8. The van der Waals surface area contributed by atoms with Crippen molar-refractivity contribution in [2.75, 3.05) is 20.3 Å². The Bertz CT molecular complexity index is 500. The number of rotatable bonds is 5. The van der Waals surface area contributed by atoms with Crippen LogP contribution in [0.25, 0.3) is 0 Å². The standard InChI is InChI=1S/C14H18N2O4/c1-3-20-13(18)7-14(6-11(17)16-9-14)10-4-5-12(19-2)15-8-10/h4-5,8H,3,6-7,9H2,1-2H3,(H,16,17). The van der Waals surface area contributed by atoms with Crippen molar-refractivity contribution in [3.05, 3.63) is 23.9 Å². The van der Waals surface area contributed by atoms with E-state index in [0.29, 0.717) is 19.0 Å². The predicted octanol–water partition coefficient (Wildman–Crippen LogP) is 0.801. The largest absolute Gasteiger partial charge is 0.481 e. The van der Waals surface area contributed by atoms with E-state index in [2.05, 4.69) is 10.3 Å². The molecule has 0 radical (unpaired) electrons. The topological polar surface area (TPSA) is 77.5 Å². The number of nitrogens with one attached hydrogen (secondary N) is 1. The molecule has 1 N–H and O–H groups in total. The Labute approximate surface area is 117 Å². The summed E-state index contributed by atoms with van der Waals surface area (Å²) in [5.41, 5.74) is 0.257. The molecule has 1 fully saturated rings. The molecule has 6 heteroatoms. The Hall–Kier alpha value is -2.11. The number of esters is 1. The Morgan fingerprint density at radius 1 is 1.50 bits per heavy atom. The van der Waals surface area contributed by atoms with Gasteiger partial charge in [0.2, 0.25) is 11.8 Å². The van der Waals surface area contributed by atoms with E-state index in [9.17, 15) is 9.59 Å². The van der Waals surface area contributed by atoms with Crippen LogP contribution in [0, 0.1) is 0 Å². The first-order valence-corrected chi connectivity index (χ1v) is 6.52. The number of pyridine rings is 1. The molecule has 0 saturated carbocycles. The van der Waals surface area contributed by atoms with E-state index in [1.807, 2.05) is 6.07 Å². The second kappa shape index (κ2) is 5.90. The summed E-state index contributed by atoms with van der Waals surface area (Å²) >= 11 is 0. The molecule has 1 unspecified atom stereocenters. The fourth-order valence-corrected chi connectivity index (χ4v) is 2.43. The molecule has 1 aliphatic heterocycles. The summed E-state index contributed by atoms with van der Waals surface area (Å²) in [6.07, 6.45) is 2.08. The molecule has 1 aliphatic rings. The summed E-state index contributed by atoms with van der Waals surface area (Å²) in [5.74, 6) is 0.127. The zero-order valence-electron chi connectivity index (χ0n) is 11.6. The smallest absolute Gasteiger partial charge is 0.306 e. The van der Waals surface area contributed by atoms with Crippen molar-refractivity contribution in [2.45, 2.75) is 25.2 Å². The number of carbonyl (C=O) groups excluding carboxylic acids is 2. The van der Waals surface area contributed by atoms with E-state index in [1.54, 1.807) is 19.2 Å². The van der Waals surface area contributed by atoms with E-state index in [-0.39, 0.29) is 24.7 Å². The van der Waals surface area contributed by atoms with Crippen molar-refractivity contribution in [1.82, 2.24) is 10.3 Å². The number of hydrogen-bond donors (Lipinski definition) is 1. The highest BCUT2D eigenvalue weighted by molar-refractivity contribution is 5.83. The molecule has 6 nitrogen and oxygen atoms in total. The number of carbonyl (C=O) groups is 2. The minimum atomic E-state index is -0.581. The van der Waals surface area contributed by atoms with E-state index in [0.717, 1.165) is 5.56 Å². The van der Waals surface area contributed by atoms with Crippen LogP contribution in [0.5, 0.6) is 5.88 Å². The summed E-state index contributed by atoms with van der Waals surface area (Å²) in [7, 11) is 1.54. The molecule has 1 saturated heterocycles. The number of nitrogens with zero attached hydrogens (tertiary/aromatic N) is 1. The Morgan fingerprint density at radius 2 is 2.30 bits per heavy atom. The van der Waals surface area contributed by atoms with Gasteiger partial charge < -0.3 is 14.8 Å². The maximum atomic E-state index is 11.8. The second-order valence-electron chi connectivity index (χ2n) is 4.80. The van der Waals surface area contributed by atoms with Gasteiger partial charge >= 0.3 is 5.97 Å². The van der Waals surface area contributed by atoms with Crippen molar-refractivity contribution >= 4 is 11.9 Å². The first kappa shape index (κ1) is 14.3. The molecule has 108 valence electrons. The van der Waals surface area contributed by atoms with Crippen LogP contribution in [0.1, 0.15) is 25.3 Å². The first-order valence-electron chi connectivity index (χ1n) is 6.52. The van der Waals surface area contributed by atoms with Gasteiger partial charge in [-0.25, -0.2) is 4.98 Å². The quantitative estimate of drug-likeness (QED) is 0.806. The fraction of sp³-hybridized carbons (Fsp3) is 0.500. The van der Waals surface area contributed by atoms with Crippen LogP contribution in [0.4, 0.5) is 0 Å². The molecule has 1 atom stereocenters. The molecule has 1 aromatic rings. The van der Waals surface area contributed by atoms with Crippen molar-refractivity contribution in [1.29, 1.82) is 0 Å². The second-order valence-corrected chi connectivity index (χ2v) is 4.80. The van der Waals surface area contributed by atoms with E-state index in [4.69, 9.17) is 9.47 Å². The van der Waals surface area contributed by atoms with E-state index < -0.39 is 5.41 Å².